The molecule has 38 heavy (non-hydrogen) atoms. The van der Waals surface area contributed by atoms with Crippen LogP contribution in [0.15, 0.2) is 23.0 Å². The number of fused-ring (bicyclic) bond motifs is 3. The van der Waals surface area contributed by atoms with Crippen molar-refractivity contribution in [1.82, 2.24) is 4.90 Å². The minimum atomic E-state index is -2.68. The van der Waals surface area contributed by atoms with Gasteiger partial charge in [-0.15, -0.1) is 0 Å². The third kappa shape index (κ3) is 3.80. The number of carbonyl (C=O) groups is 4. The van der Waals surface area contributed by atoms with Crippen LogP contribution in [0.5, 0.6) is 5.75 Å². The Morgan fingerprint density at radius 2 is 1.76 bits per heavy atom. The molecule has 4 atom stereocenters. The maximum absolute atomic E-state index is 13.9. The Labute approximate surface area is 219 Å². The number of phenolic OH excluding ortho intramolecular Hbond substituents is 1. The van der Waals surface area contributed by atoms with Crippen LogP contribution >= 0.6 is 0 Å². The summed E-state index contributed by atoms with van der Waals surface area (Å²) in [6.07, 6.45) is 0.585. The molecule has 0 spiro atoms. The molecule has 0 bridgehead atoms. The molecule has 0 aromatic heterocycles. The number of amides is 1. The summed E-state index contributed by atoms with van der Waals surface area (Å²) in [5.41, 5.74) is 3.28. The lowest BCUT2D eigenvalue weighted by atomic mass is 9.57. The number of aromatic hydroxyl groups is 1. The highest BCUT2D eigenvalue weighted by Gasteiger charge is 2.64. The Kier molecular flexibility index (Phi) is 6.65. The molecule has 1 aromatic rings. The molecular weight excluding hydrogens is 494 g/mol. The van der Waals surface area contributed by atoms with Crippen molar-refractivity contribution in [1.29, 1.82) is 0 Å². The maximum atomic E-state index is 13.9. The molecule has 3 aliphatic rings. The third-order valence-corrected chi connectivity index (χ3v) is 8.00. The number of rotatable bonds is 6. The molecule has 1 saturated carbocycles. The van der Waals surface area contributed by atoms with Crippen molar-refractivity contribution in [3.8, 4) is 5.75 Å². The van der Waals surface area contributed by atoms with Gasteiger partial charge in [-0.25, -0.2) is 0 Å². The van der Waals surface area contributed by atoms with Crippen LogP contribution < -0.4 is 10.6 Å². The number of aliphatic hydroxyl groups excluding tert-OH is 2. The lowest BCUT2D eigenvalue weighted by Gasteiger charge is -2.50. The first-order valence-corrected chi connectivity index (χ1v) is 12.3. The molecular formula is C27H33N3O8. The van der Waals surface area contributed by atoms with Crippen molar-refractivity contribution in [2.24, 2.45) is 17.6 Å². The van der Waals surface area contributed by atoms with E-state index in [0.717, 1.165) is 0 Å². The average Bonchev–Trinajstić information content (AvgIpc) is 2.80. The second-order valence-corrected chi connectivity index (χ2v) is 10.8. The summed E-state index contributed by atoms with van der Waals surface area (Å²) >= 11 is 0. The van der Waals surface area contributed by atoms with E-state index >= 15 is 0 Å². The molecule has 3 aliphatic carbocycles. The van der Waals surface area contributed by atoms with E-state index in [0.29, 0.717) is 16.8 Å². The molecule has 204 valence electrons. The van der Waals surface area contributed by atoms with Gasteiger partial charge in [-0.1, -0.05) is 0 Å². The molecule has 1 amide bonds. The van der Waals surface area contributed by atoms with Gasteiger partial charge in [0.25, 0.3) is 5.91 Å². The molecule has 4 rings (SSSR count). The number of aliphatic hydroxyl groups is 3. The summed E-state index contributed by atoms with van der Waals surface area (Å²) in [6, 6.07) is 0.611. The molecule has 0 aliphatic heterocycles. The molecule has 11 heteroatoms. The van der Waals surface area contributed by atoms with Gasteiger partial charge in [0.05, 0.1) is 11.6 Å². The number of carbonyl (C=O) groups excluding carboxylic acids is 4. The van der Waals surface area contributed by atoms with Gasteiger partial charge in [0.1, 0.15) is 28.6 Å². The van der Waals surface area contributed by atoms with Gasteiger partial charge < -0.3 is 35.9 Å². The lowest BCUT2D eigenvalue weighted by Crippen LogP contribution is -2.65. The second-order valence-electron chi connectivity index (χ2n) is 10.8. The third-order valence-electron chi connectivity index (χ3n) is 8.00. The molecule has 6 N–H and O–H groups in total. The van der Waals surface area contributed by atoms with Crippen molar-refractivity contribution >= 4 is 34.7 Å². The Morgan fingerprint density at radius 1 is 1.13 bits per heavy atom. The van der Waals surface area contributed by atoms with Crippen LogP contribution in [0.2, 0.25) is 0 Å². The number of phenols is 1. The highest BCUT2D eigenvalue weighted by molar-refractivity contribution is 6.24. The molecule has 4 unspecified atom stereocenters. The number of nitrogens with zero attached hydrogens (tertiary/aromatic N) is 2. The predicted molar refractivity (Wildman–Crippen MR) is 138 cm³/mol. The number of Topliss-reactive ketones (excluding diaryl/α,β-unsaturated/α-hetero) is 3. The van der Waals surface area contributed by atoms with Crippen LogP contribution in [0, 0.1) is 11.8 Å². The van der Waals surface area contributed by atoms with Crippen LogP contribution in [0.4, 0.5) is 5.69 Å². The number of hydrogen-bond donors (Lipinski definition) is 5. The highest BCUT2D eigenvalue weighted by Crippen LogP contribution is 2.54. The van der Waals surface area contributed by atoms with Crippen molar-refractivity contribution in [3.63, 3.8) is 0 Å². The van der Waals surface area contributed by atoms with E-state index in [4.69, 9.17) is 5.73 Å². The Morgan fingerprint density at radius 3 is 2.29 bits per heavy atom. The Hall–Kier alpha value is -3.70. The Balaban J connectivity index is 1.97. The van der Waals surface area contributed by atoms with E-state index in [-0.39, 0.29) is 48.4 Å². The topological polar surface area (TPSA) is 182 Å². The number of benzene rings is 1. The van der Waals surface area contributed by atoms with Crippen LogP contribution in [-0.2, 0) is 32.0 Å². The van der Waals surface area contributed by atoms with Gasteiger partial charge in [-0.2, -0.15) is 0 Å². The fourth-order valence-corrected chi connectivity index (χ4v) is 6.25. The van der Waals surface area contributed by atoms with Crippen molar-refractivity contribution in [3.05, 3.63) is 39.7 Å². The van der Waals surface area contributed by atoms with E-state index in [1.807, 2.05) is 0 Å². The summed E-state index contributed by atoms with van der Waals surface area (Å²) in [5.74, 6) is -6.95. The summed E-state index contributed by atoms with van der Waals surface area (Å²) in [5, 5.41) is 45.2. The van der Waals surface area contributed by atoms with Gasteiger partial charge in [-0.3, -0.25) is 19.3 Å². The van der Waals surface area contributed by atoms with Gasteiger partial charge in [0.2, 0.25) is 5.78 Å². The first kappa shape index (κ1) is 27.3. The van der Waals surface area contributed by atoms with Gasteiger partial charge in [-0.05, 0) is 63.4 Å². The number of likely N-dealkylation sites (N-methyl/N-ethyl adjacent to an activating group) is 1. The average molecular weight is 528 g/mol. The minimum absolute atomic E-state index is 0.0193. The zero-order chi connectivity index (χ0) is 28.4. The van der Waals surface area contributed by atoms with Crippen molar-refractivity contribution < 1.29 is 39.6 Å². The summed E-state index contributed by atoms with van der Waals surface area (Å²) in [6.45, 7) is 1.43. The number of nitrogens with two attached hydrogens (primary N) is 1. The first-order chi connectivity index (χ1) is 17.6. The smallest absolute Gasteiger partial charge is 0.255 e. The first-order valence-electron chi connectivity index (χ1n) is 12.3. The van der Waals surface area contributed by atoms with Gasteiger partial charge in [0.15, 0.2) is 11.4 Å². The van der Waals surface area contributed by atoms with Crippen LogP contribution in [0.1, 0.15) is 36.5 Å². The molecule has 1 aromatic carbocycles. The monoisotopic (exact) mass is 527 g/mol. The zero-order valence-electron chi connectivity index (χ0n) is 22.0. The van der Waals surface area contributed by atoms with Crippen LogP contribution in [0.25, 0.3) is 5.76 Å². The van der Waals surface area contributed by atoms with Crippen LogP contribution in [-0.4, -0.2) is 88.4 Å². The summed E-state index contributed by atoms with van der Waals surface area (Å²) in [4.78, 5) is 54.1. The quantitative estimate of drug-likeness (QED) is 0.328. The SMILES string of the molecule is CC(=O)CCc1cc(N(C)C)c2c(c1O)C(O)=C1C(=O)C3(O)C(O)=C(C(N)=O)C(=O)C(N(C)C)C3CC1C2. The Bertz CT molecular complexity index is 1340. The number of hydrogen-bond acceptors (Lipinski definition) is 10. The van der Waals surface area contributed by atoms with Gasteiger partial charge in [0, 0.05) is 37.7 Å². The molecule has 1 fully saturated rings. The van der Waals surface area contributed by atoms with E-state index in [9.17, 15) is 39.6 Å². The van der Waals surface area contributed by atoms with Crippen molar-refractivity contribution in [2.75, 3.05) is 33.1 Å². The summed E-state index contributed by atoms with van der Waals surface area (Å²) in [7, 11) is 6.69. The lowest BCUT2D eigenvalue weighted by molar-refractivity contribution is -0.153. The molecule has 11 nitrogen and oxygen atoms in total. The van der Waals surface area contributed by atoms with E-state index in [1.165, 1.54) is 11.8 Å². The van der Waals surface area contributed by atoms with E-state index < -0.39 is 58.0 Å². The normalized spacial score (nSPS) is 26.8. The fraction of sp³-hybridized carbons (Fsp3) is 0.481. The number of primary amides is 1. The fourth-order valence-electron chi connectivity index (χ4n) is 6.25. The molecule has 0 heterocycles. The zero-order valence-corrected chi connectivity index (χ0v) is 22.0. The van der Waals surface area contributed by atoms with E-state index in [1.54, 1.807) is 39.2 Å². The van der Waals surface area contributed by atoms with Gasteiger partial charge >= 0.3 is 0 Å². The molecule has 0 radical (unpaired) electrons. The predicted octanol–water partition coefficient (Wildman–Crippen LogP) is 0.552. The molecule has 0 saturated heterocycles. The summed E-state index contributed by atoms with van der Waals surface area (Å²) < 4.78 is 0. The number of anilines is 1. The maximum Gasteiger partial charge on any atom is 0.255 e. The largest absolute Gasteiger partial charge is 0.508 e. The second kappa shape index (κ2) is 9.25. The van der Waals surface area contributed by atoms with E-state index in [2.05, 4.69) is 0 Å². The standard InChI is InChI=1S/C27H33N3O8/c1-11(31)6-7-12-10-16(29(2)3)14-8-13-9-15-20(30(4)5)23(34)19(26(28)37)25(36)27(15,38)24(35)17(13)22(33)18(14)21(12)32/h10,13,15,20,32-33,36,38H,6-9H2,1-5H3,(H2,28,37). The minimum Gasteiger partial charge on any atom is -0.508 e. The van der Waals surface area contributed by atoms with Crippen LogP contribution in [0.3, 0.4) is 0 Å². The number of ketones is 3. The number of aryl methyl sites for hydroxylation is 1. The van der Waals surface area contributed by atoms with Crippen molar-refractivity contribution in [2.45, 2.75) is 44.2 Å². The highest BCUT2D eigenvalue weighted by atomic mass is 16.3.